The molecule has 1 fully saturated rings. The minimum absolute atomic E-state index is 0.0321. The average molecular weight is 456 g/mol. The Morgan fingerprint density at radius 2 is 0.966 bits per heavy atom. The summed E-state index contributed by atoms with van der Waals surface area (Å²) >= 11 is 0. The fourth-order valence-electron chi connectivity index (χ4n) is 2.72. The number of benzene rings is 1. The molecule has 0 saturated carbocycles. The van der Waals surface area contributed by atoms with Crippen LogP contribution < -0.4 is 5.46 Å². The Bertz CT molecular complexity index is 709. The van der Waals surface area contributed by atoms with Gasteiger partial charge in [-0.05, 0) is 6.07 Å². The van der Waals surface area contributed by atoms with E-state index in [2.05, 4.69) is 9.31 Å². The lowest BCUT2D eigenvalue weighted by atomic mass is 9.78. The summed E-state index contributed by atoms with van der Waals surface area (Å²) in [4.78, 5) is 0. The highest BCUT2D eigenvalue weighted by Gasteiger charge is 2.98. The van der Waals surface area contributed by atoms with Crippen LogP contribution in [0.3, 0.4) is 0 Å². The van der Waals surface area contributed by atoms with E-state index in [0.29, 0.717) is 0 Å². The molecule has 164 valence electrons. The topological polar surface area (TPSA) is 18.5 Å². The van der Waals surface area contributed by atoms with Crippen LogP contribution in [0.15, 0.2) is 18.2 Å². The molecule has 17 heteroatoms. The van der Waals surface area contributed by atoms with Crippen LogP contribution in [0.2, 0.25) is 0 Å². The van der Waals surface area contributed by atoms with Crippen molar-refractivity contribution in [2.75, 3.05) is 0 Å². The van der Waals surface area contributed by atoms with E-state index in [9.17, 15) is 61.5 Å². The first-order valence-corrected chi connectivity index (χ1v) is 6.80. The van der Waals surface area contributed by atoms with Gasteiger partial charge in [-0.15, -0.1) is 0 Å². The van der Waals surface area contributed by atoms with Gasteiger partial charge >= 0.3 is 31.8 Å². The molecule has 1 aliphatic heterocycles. The van der Waals surface area contributed by atoms with E-state index in [-0.39, 0.29) is 18.2 Å². The van der Waals surface area contributed by atoms with E-state index in [1.807, 2.05) is 0 Å². The second kappa shape index (κ2) is 6.36. The fraction of sp³-hybridized carbons (Fsp3) is 0.500. The van der Waals surface area contributed by atoms with Gasteiger partial charge in [0.2, 0.25) is 0 Å². The SMILES string of the molecule is Fc1ccc(B2OC(C(F)(F)F)(C(F)(F)F)C(C(F)(F)F)(C(F)(F)F)O2)c(F)c1. The summed E-state index contributed by atoms with van der Waals surface area (Å²) in [7, 11) is -3.80. The molecule has 0 unspecified atom stereocenters. The molecule has 0 radical (unpaired) electrons. The molecule has 1 aromatic rings. The molecule has 0 atom stereocenters. The first kappa shape index (κ1) is 23.5. The van der Waals surface area contributed by atoms with Gasteiger partial charge in [-0.1, -0.05) is 6.07 Å². The zero-order chi connectivity index (χ0) is 22.8. The Morgan fingerprint density at radius 3 is 1.24 bits per heavy atom. The quantitative estimate of drug-likeness (QED) is 0.460. The Balaban J connectivity index is 2.94. The highest BCUT2D eigenvalue weighted by Crippen LogP contribution is 2.66. The smallest absolute Gasteiger partial charge is 0.383 e. The van der Waals surface area contributed by atoms with Crippen LogP contribution in [0.4, 0.5) is 61.5 Å². The van der Waals surface area contributed by atoms with Gasteiger partial charge in [-0.3, -0.25) is 0 Å². The molecular formula is C12H3BF14O2. The normalized spacial score (nSPS) is 20.3. The maximum atomic E-state index is 13.7. The van der Waals surface area contributed by atoms with Crippen molar-refractivity contribution in [1.29, 1.82) is 0 Å². The van der Waals surface area contributed by atoms with Crippen molar-refractivity contribution in [1.82, 2.24) is 0 Å². The molecule has 1 aliphatic rings. The summed E-state index contributed by atoms with van der Waals surface area (Å²) in [5.41, 5.74) is -15.8. The predicted octanol–water partition coefficient (Wildman–Crippen LogP) is 4.43. The molecule has 0 amide bonds. The summed E-state index contributed by atoms with van der Waals surface area (Å²) in [5, 5.41) is 0. The average Bonchev–Trinajstić information content (AvgIpc) is 2.84. The van der Waals surface area contributed by atoms with Crippen molar-refractivity contribution in [3.8, 4) is 0 Å². The lowest BCUT2D eigenvalue weighted by Gasteiger charge is -2.46. The molecule has 0 aromatic heterocycles. The number of rotatable bonds is 1. The van der Waals surface area contributed by atoms with Gasteiger partial charge in [0.15, 0.2) is 0 Å². The van der Waals surface area contributed by atoms with Gasteiger partial charge < -0.3 is 9.31 Å². The predicted molar refractivity (Wildman–Crippen MR) is 63.6 cm³/mol. The van der Waals surface area contributed by atoms with E-state index in [4.69, 9.17) is 0 Å². The standard InChI is InChI=1S/C12H3BF14O2/c14-4-1-2-5(6(15)3-4)13-28-7(9(16,17)18,10(19,20)21)8(29-13,11(22,23)24)12(25,26)27/h1-3H. The molecular weight excluding hydrogens is 453 g/mol. The van der Waals surface area contributed by atoms with Crippen LogP contribution in [0.5, 0.6) is 0 Å². The van der Waals surface area contributed by atoms with Crippen molar-refractivity contribution >= 4 is 12.6 Å². The van der Waals surface area contributed by atoms with E-state index in [1.54, 1.807) is 0 Å². The molecule has 0 aliphatic carbocycles. The van der Waals surface area contributed by atoms with Gasteiger partial charge in [0.25, 0.3) is 11.2 Å². The van der Waals surface area contributed by atoms with E-state index < -0.39 is 60.1 Å². The fourth-order valence-corrected chi connectivity index (χ4v) is 2.72. The van der Waals surface area contributed by atoms with E-state index >= 15 is 0 Å². The monoisotopic (exact) mass is 456 g/mol. The third-order valence-corrected chi connectivity index (χ3v) is 3.88. The molecule has 0 bridgehead atoms. The number of hydrogen-bond donors (Lipinski definition) is 0. The van der Waals surface area contributed by atoms with Crippen LogP contribution in [-0.2, 0) is 9.31 Å². The number of alkyl halides is 12. The van der Waals surface area contributed by atoms with E-state index in [1.165, 1.54) is 0 Å². The van der Waals surface area contributed by atoms with Crippen LogP contribution in [-0.4, -0.2) is 43.0 Å². The zero-order valence-electron chi connectivity index (χ0n) is 12.9. The summed E-state index contributed by atoms with van der Waals surface area (Å²) in [6.45, 7) is 0. The first-order valence-electron chi connectivity index (χ1n) is 6.80. The molecule has 2 nitrogen and oxygen atoms in total. The molecule has 0 spiro atoms. The maximum Gasteiger partial charge on any atom is 0.498 e. The molecule has 0 N–H and O–H groups in total. The van der Waals surface area contributed by atoms with Crippen LogP contribution in [0.1, 0.15) is 0 Å². The Hall–Kier alpha value is -1.78. The largest absolute Gasteiger partial charge is 0.498 e. The highest BCUT2D eigenvalue weighted by atomic mass is 19.4. The van der Waals surface area contributed by atoms with E-state index in [0.717, 1.165) is 0 Å². The lowest BCUT2D eigenvalue weighted by Crippen LogP contribution is -2.79. The lowest BCUT2D eigenvalue weighted by molar-refractivity contribution is -0.464. The van der Waals surface area contributed by atoms with Crippen molar-refractivity contribution in [2.45, 2.75) is 35.9 Å². The van der Waals surface area contributed by atoms with Crippen molar-refractivity contribution in [3.05, 3.63) is 29.8 Å². The van der Waals surface area contributed by atoms with Crippen LogP contribution in [0.25, 0.3) is 0 Å². The maximum absolute atomic E-state index is 13.7. The molecule has 1 aromatic carbocycles. The third kappa shape index (κ3) is 3.12. The van der Waals surface area contributed by atoms with Gasteiger partial charge in [-0.2, -0.15) is 52.7 Å². The van der Waals surface area contributed by atoms with Crippen molar-refractivity contribution in [2.24, 2.45) is 0 Å². The number of halogens is 14. The van der Waals surface area contributed by atoms with Gasteiger partial charge in [0, 0.05) is 11.5 Å². The molecule has 29 heavy (non-hydrogen) atoms. The summed E-state index contributed by atoms with van der Waals surface area (Å²) < 4.78 is 192. The minimum atomic E-state index is -7.40. The minimum Gasteiger partial charge on any atom is -0.383 e. The summed E-state index contributed by atoms with van der Waals surface area (Å²) in [6, 6.07) is -0.128. The molecule has 1 saturated heterocycles. The Kier molecular flexibility index (Phi) is 5.15. The second-order valence-corrected chi connectivity index (χ2v) is 5.59. The Labute approximate surface area is 150 Å². The first-order chi connectivity index (χ1) is 12.7. The zero-order valence-corrected chi connectivity index (χ0v) is 12.9. The van der Waals surface area contributed by atoms with Crippen LogP contribution in [0, 0.1) is 11.6 Å². The third-order valence-electron chi connectivity index (χ3n) is 3.88. The molecule has 2 rings (SSSR count). The number of hydrogen-bond acceptors (Lipinski definition) is 2. The van der Waals surface area contributed by atoms with Gasteiger partial charge in [0.1, 0.15) is 11.6 Å². The van der Waals surface area contributed by atoms with Gasteiger partial charge in [-0.25, -0.2) is 8.78 Å². The Morgan fingerprint density at radius 1 is 0.621 bits per heavy atom. The highest BCUT2D eigenvalue weighted by molar-refractivity contribution is 6.62. The van der Waals surface area contributed by atoms with Crippen LogP contribution >= 0.6 is 0 Å². The van der Waals surface area contributed by atoms with Crippen molar-refractivity contribution in [3.63, 3.8) is 0 Å². The summed E-state index contributed by atoms with van der Waals surface area (Å²) in [6.07, 6.45) is -29.6. The van der Waals surface area contributed by atoms with Gasteiger partial charge in [0.05, 0.1) is 0 Å². The van der Waals surface area contributed by atoms with Crippen molar-refractivity contribution < 1.29 is 70.8 Å². The summed E-state index contributed by atoms with van der Waals surface area (Å²) in [5.74, 6) is -3.62. The second-order valence-electron chi connectivity index (χ2n) is 5.59. The molecule has 1 heterocycles.